The van der Waals surface area contributed by atoms with Crippen molar-refractivity contribution in [2.24, 2.45) is 5.73 Å². The summed E-state index contributed by atoms with van der Waals surface area (Å²) in [5, 5.41) is 3.94. The van der Waals surface area contributed by atoms with Crippen molar-refractivity contribution >= 4 is 0 Å². The molecule has 1 aromatic heterocycles. The van der Waals surface area contributed by atoms with E-state index in [4.69, 9.17) is 5.73 Å². The molecule has 0 saturated heterocycles. The van der Waals surface area contributed by atoms with Crippen LogP contribution >= 0.6 is 0 Å². The van der Waals surface area contributed by atoms with E-state index in [1.54, 1.807) is 10.9 Å². The van der Waals surface area contributed by atoms with E-state index in [2.05, 4.69) is 5.10 Å². The van der Waals surface area contributed by atoms with Gasteiger partial charge in [0.15, 0.2) is 0 Å². The number of nitrogens with two attached hydrogens (primary N) is 1. The third-order valence-corrected chi connectivity index (χ3v) is 0.917. The smallest absolute Gasteiger partial charge is 0.0531 e. The second-order valence-corrected chi connectivity index (χ2v) is 1.56. The molecule has 0 amide bonds. The molecule has 2 N–H and O–H groups in total. The quantitative estimate of drug-likeness (QED) is 0.664. The number of rotatable bonds is 2. The molecule has 0 spiro atoms. The molecule has 58 valence electrons. The molecule has 3 nitrogen and oxygen atoms in total. The van der Waals surface area contributed by atoms with Gasteiger partial charge in [-0.2, -0.15) is 5.10 Å². The van der Waals surface area contributed by atoms with Gasteiger partial charge in [0.1, 0.15) is 0 Å². The van der Waals surface area contributed by atoms with Crippen molar-refractivity contribution in [2.75, 3.05) is 6.54 Å². The van der Waals surface area contributed by atoms with E-state index in [1.165, 1.54) is 0 Å². The third kappa shape index (κ3) is 3.25. The number of nitrogens with zero attached hydrogens (tertiary/aromatic N) is 2. The Morgan fingerprint density at radius 1 is 1.50 bits per heavy atom. The topological polar surface area (TPSA) is 43.8 Å². The van der Waals surface area contributed by atoms with E-state index in [-0.39, 0.29) is 0 Å². The summed E-state index contributed by atoms with van der Waals surface area (Å²) in [4.78, 5) is 0. The normalized spacial score (nSPS) is 8.30. The second kappa shape index (κ2) is 6.29. The lowest BCUT2D eigenvalue weighted by atomic mass is 10.6. The van der Waals surface area contributed by atoms with Gasteiger partial charge in [-0.3, -0.25) is 4.68 Å². The van der Waals surface area contributed by atoms with Crippen LogP contribution < -0.4 is 5.73 Å². The fourth-order valence-corrected chi connectivity index (χ4v) is 0.565. The Morgan fingerprint density at radius 3 is 2.60 bits per heavy atom. The summed E-state index contributed by atoms with van der Waals surface area (Å²) in [5.74, 6) is 0. The highest BCUT2D eigenvalue weighted by Gasteiger charge is 1.82. The standard InChI is InChI=1S/C5H9N3.C2H6/c6-2-5-8-4-1-3-7-8;1-2/h1,3-4H,2,5-6H2;1-2H3. The van der Waals surface area contributed by atoms with Crippen molar-refractivity contribution in [1.29, 1.82) is 0 Å². The van der Waals surface area contributed by atoms with Gasteiger partial charge in [-0.1, -0.05) is 13.8 Å². The Balaban J connectivity index is 0.000000371. The van der Waals surface area contributed by atoms with Crippen molar-refractivity contribution in [1.82, 2.24) is 9.78 Å². The minimum atomic E-state index is 0.654. The summed E-state index contributed by atoms with van der Waals surface area (Å²) in [7, 11) is 0. The molecule has 0 aliphatic carbocycles. The van der Waals surface area contributed by atoms with Gasteiger partial charge >= 0.3 is 0 Å². The van der Waals surface area contributed by atoms with Crippen LogP contribution in [0.15, 0.2) is 18.5 Å². The Hall–Kier alpha value is -0.830. The van der Waals surface area contributed by atoms with Gasteiger partial charge in [-0.15, -0.1) is 0 Å². The van der Waals surface area contributed by atoms with Gasteiger partial charge in [-0.25, -0.2) is 0 Å². The summed E-state index contributed by atoms with van der Waals surface area (Å²) in [6.45, 7) is 5.47. The minimum absolute atomic E-state index is 0.654. The Labute approximate surface area is 61.8 Å². The van der Waals surface area contributed by atoms with E-state index in [9.17, 15) is 0 Å². The van der Waals surface area contributed by atoms with Crippen molar-refractivity contribution in [3.8, 4) is 0 Å². The first-order valence-corrected chi connectivity index (χ1v) is 3.61. The Morgan fingerprint density at radius 2 is 2.20 bits per heavy atom. The van der Waals surface area contributed by atoms with E-state index in [1.807, 2.05) is 26.1 Å². The third-order valence-electron chi connectivity index (χ3n) is 0.917. The molecule has 0 radical (unpaired) electrons. The van der Waals surface area contributed by atoms with Gasteiger partial charge in [0.25, 0.3) is 0 Å². The van der Waals surface area contributed by atoms with E-state index in [0.29, 0.717) is 6.54 Å². The number of hydrogen-bond donors (Lipinski definition) is 1. The zero-order valence-corrected chi connectivity index (χ0v) is 6.62. The van der Waals surface area contributed by atoms with E-state index in [0.717, 1.165) is 6.54 Å². The fraction of sp³-hybridized carbons (Fsp3) is 0.571. The number of hydrogen-bond acceptors (Lipinski definition) is 2. The van der Waals surface area contributed by atoms with Crippen molar-refractivity contribution in [2.45, 2.75) is 20.4 Å². The van der Waals surface area contributed by atoms with Gasteiger partial charge in [0.05, 0.1) is 6.54 Å². The number of aromatic nitrogens is 2. The fourth-order valence-electron chi connectivity index (χ4n) is 0.565. The van der Waals surface area contributed by atoms with E-state index >= 15 is 0 Å². The van der Waals surface area contributed by atoms with Crippen molar-refractivity contribution in [3.63, 3.8) is 0 Å². The van der Waals surface area contributed by atoms with Crippen LogP contribution in [0, 0.1) is 0 Å². The van der Waals surface area contributed by atoms with Crippen LogP contribution in [-0.4, -0.2) is 16.3 Å². The monoisotopic (exact) mass is 141 g/mol. The lowest BCUT2D eigenvalue weighted by molar-refractivity contribution is 0.625. The largest absolute Gasteiger partial charge is 0.329 e. The first-order valence-electron chi connectivity index (χ1n) is 3.61. The van der Waals surface area contributed by atoms with Crippen molar-refractivity contribution in [3.05, 3.63) is 18.5 Å². The van der Waals surface area contributed by atoms with E-state index < -0.39 is 0 Å². The Kier molecular flexibility index (Phi) is 5.77. The van der Waals surface area contributed by atoms with Gasteiger partial charge in [-0.05, 0) is 6.07 Å². The maximum atomic E-state index is 5.26. The highest BCUT2D eigenvalue weighted by molar-refractivity contribution is 4.77. The molecule has 0 saturated carbocycles. The average molecular weight is 141 g/mol. The molecule has 3 heteroatoms. The zero-order chi connectivity index (χ0) is 7.82. The summed E-state index contributed by atoms with van der Waals surface area (Å²) in [6.07, 6.45) is 3.64. The minimum Gasteiger partial charge on any atom is -0.329 e. The summed E-state index contributed by atoms with van der Waals surface area (Å²) in [5.41, 5.74) is 5.26. The lowest BCUT2D eigenvalue weighted by Gasteiger charge is -1.93. The van der Waals surface area contributed by atoms with Crippen LogP contribution in [0.4, 0.5) is 0 Å². The second-order valence-electron chi connectivity index (χ2n) is 1.56. The van der Waals surface area contributed by atoms with Crippen molar-refractivity contribution < 1.29 is 0 Å². The molecule has 10 heavy (non-hydrogen) atoms. The Bertz CT molecular complexity index is 135. The predicted octanol–water partition coefficient (Wildman–Crippen LogP) is 0.868. The first-order chi connectivity index (χ1) is 4.93. The summed E-state index contributed by atoms with van der Waals surface area (Å²) < 4.78 is 1.81. The summed E-state index contributed by atoms with van der Waals surface area (Å²) in [6, 6.07) is 1.88. The summed E-state index contributed by atoms with van der Waals surface area (Å²) >= 11 is 0. The molecule has 0 aliphatic rings. The maximum absolute atomic E-state index is 5.26. The van der Waals surface area contributed by atoms with Gasteiger partial charge in [0, 0.05) is 18.9 Å². The van der Waals surface area contributed by atoms with Crippen LogP contribution in [0.25, 0.3) is 0 Å². The molecular formula is C7H15N3. The lowest BCUT2D eigenvalue weighted by Crippen LogP contribution is -2.09. The molecule has 1 heterocycles. The van der Waals surface area contributed by atoms with Gasteiger partial charge in [0.2, 0.25) is 0 Å². The zero-order valence-electron chi connectivity index (χ0n) is 6.62. The SMILES string of the molecule is CC.NCCn1cccn1. The highest BCUT2D eigenvalue weighted by atomic mass is 15.3. The highest BCUT2D eigenvalue weighted by Crippen LogP contribution is 1.80. The maximum Gasteiger partial charge on any atom is 0.0531 e. The molecule has 0 aromatic carbocycles. The first kappa shape index (κ1) is 9.17. The average Bonchev–Trinajstić information content (AvgIpc) is 2.46. The van der Waals surface area contributed by atoms with Gasteiger partial charge < -0.3 is 5.73 Å². The van der Waals surface area contributed by atoms with Crippen LogP contribution in [0.3, 0.4) is 0 Å². The van der Waals surface area contributed by atoms with Crippen LogP contribution in [0.1, 0.15) is 13.8 Å². The molecule has 1 aromatic rings. The molecule has 0 unspecified atom stereocenters. The molecule has 0 fully saturated rings. The van der Waals surface area contributed by atoms with Crippen LogP contribution in [0.5, 0.6) is 0 Å². The molecule has 1 rings (SSSR count). The van der Waals surface area contributed by atoms with Crippen LogP contribution in [0.2, 0.25) is 0 Å². The predicted molar refractivity (Wildman–Crippen MR) is 42.6 cm³/mol. The molecule has 0 atom stereocenters. The van der Waals surface area contributed by atoms with Crippen LogP contribution in [-0.2, 0) is 6.54 Å². The molecule has 0 bridgehead atoms. The molecule has 0 aliphatic heterocycles. The molecular weight excluding hydrogens is 126 g/mol.